The van der Waals surface area contributed by atoms with Crippen LogP contribution in [0.25, 0.3) is 0 Å². The molecule has 0 saturated carbocycles. The van der Waals surface area contributed by atoms with Crippen molar-refractivity contribution < 1.29 is 9.59 Å². The van der Waals surface area contributed by atoms with Crippen molar-refractivity contribution in [3.63, 3.8) is 0 Å². The smallest absolute Gasteiger partial charge is 0.229 e. The van der Waals surface area contributed by atoms with Crippen LogP contribution < -0.4 is 0 Å². The summed E-state index contributed by atoms with van der Waals surface area (Å²) in [5.74, 6) is 0.378. The van der Waals surface area contributed by atoms with Gasteiger partial charge in [-0.1, -0.05) is 36.4 Å². The molecule has 0 aliphatic carbocycles. The molecule has 0 unspecified atom stereocenters. The Morgan fingerprint density at radius 2 is 1.90 bits per heavy atom. The van der Waals surface area contributed by atoms with Gasteiger partial charge in [-0.3, -0.25) is 14.6 Å². The number of hydrogen-bond acceptors (Lipinski definition) is 3. The number of piperidine rings is 2. The Morgan fingerprint density at radius 3 is 2.59 bits per heavy atom. The molecule has 4 rings (SSSR count). The van der Waals surface area contributed by atoms with Gasteiger partial charge in [0.2, 0.25) is 11.8 Å². The number of carbonyl (C=O) groups excluding carboxylic acids is 2. The fourth-order valence-corrected chi connectivity index (χ4v) is 4.93. The number of rotatable bonds is 4. The molecular formula is C24H29N3O2. The highest BCUT2D eigenvalue weighted by molar-refractivity contribution is 5.84. The SMILES string of the molecule is CN1CC2(CCN(C(=O)CCc3cccnc3)CC2)C[C@@H](c2ccccc2)C1=O. The van der Waals surface area contributed by atoms with Crippen LogP contribution in [0, 0.1) is 5.41 Å². The molecule has 3 heterocycles. The van der Waals surface area contributed by atoms with Gasteiger partial charge in [0.15, 0.2) is 0 Å². The quantitative estimate of drug-likeness (QED) is 0.804. The lowest BCUT2D eigenvalue weighted by Gasteiger charge is -2.49. The van der Waals surface area contributed by atoms with Crippen molar-refractivity contribution in [1.82, 2.24) is 14.8 Å². The third-order valence-corrected chi connectivity index (χ3v) is 6.61. The van der Waals surface area contributed by atoms with Crippen LogP contribution in [-0.2, 0) is 16.0 Å². The fourth-order valence-electron chi connectivity index (χ4n) is 4.93. The van der Waals surface area contributed by atoms with Crippen molar-refractivity contribution in [3.05, 3.63) is 66.0 Å². The van der Waals surface area contributed by atoms with E-state index in [2.05, 4.69) is 17.1 Å². The van der Waals surface area contributed by atoms with Crippen LogP contribution in [0.1, 0.15) is 42.7 Å². The summed E-state index contributed by atoms with van der Waals surface area (Å²) in [5, 5.41) is 0. The Morgan fingerprint density at radius 1 is 1.14 bits per heavy atom. The van der Waals surface area contributed by atoms with Gasteiger partial charge in [0.05, 0.1) is 5.92 Å². The molecule has 2 fully saturated rings. The summed E-state index contributed by atoms with van der Waals surface area (Å²) < 4.78 is 0. The minimum absolute atomic E-state index is 0.0669. The minimum atomic E-state index is -0.0669. The number of likely N-dealkylation sites (tertiary alicyclic amines) is 2. The van der Waals surface area contributed by atoms with E-state index in [-0.39, 0.29) is 23.1 Å². The molecule has 0 bridgehead atoms. The van der Waals surface area contributed by atoms with Gasteiger partial charge < -0.3 is 9.80 Å². The molecule has 5 heteroatoms. The first-order chi connectivity index (χ1) is 14.1. The van der Waals surface area contributed by atoms with Crippen LogP contribution in [0.15, 0.2) is 54.9 Å². The lowest BCUT2D eigenvalue weighted by atomic mass is 9.67. The average molecular weight is 392 g/mol. The van der Waals surface area contributed by atoms with E-state index < -0.39 is 0 Å². The second-order valence-electron chi connectivity index (χ2n) is 8.60. The molecule has 2 amide bonds. The van der Waals surface area contributed by atoms with Crippen LogP contribution in [0.4, 0.5) is 0 Å². The molecule has 1 aromatic heterocycles. The average Bonchev–Trinajstić information content (AvgIpc) is 2.76. The Kier molecular flexibility index (Phi) is 5.65. The van der Waals surface area contributed by atoms with Crippen LogP contribution >= 0.6 is 0 Å². The first-order valence-corrected chi connectivity index (χ1v) is 10.5. The highest BCUT2D eigenvalue weighted by Gasteiger charge is 2.45. The number of benzene rings is 1. The number of aromatic nitrogens is 1. The zero-order valence-electron chi connectivity index (χ0n) is 17.1. The van der Waals surface area contributed by atoms with Gasteiger partial charge in [0.1, 0.15) is 0 Å². The normalized spacial score (nSPS) is 21.4. The van der Waals surface area contributed by atoms with Crippen molar-refractivity contribution in [1.29, 1.82) is 0 Å². The van der Waals surface area contributed by atoms with Gasteiger partial charge in [-0.15, -0.1) is 0 Å². The fraction of sp³-hybridized carbons (Fsp3) is 0.458. The standard InChI is InChI=1S/C24H29N3O2/c1-26-18-24(16-21(23(26)29)20-7-3-2-4-8-20)11-14-27(15-12-24)22(28)10-9-19-6-5-13-25-17-19/h2-8,13,17,21H,9-12,14-16,18H2,1H3/t21-/m0/s1. The monoisotopic (exact) mass is 391 g/mol. The molecule has 2 aromatic rings. The third kappa shape index (κ3) is 4.34. The number of carbonyl (C=O) groups is 2. The molecule has 0 radical (unpaired) electrons. The van der Waals surface area contributed by atoms with Gasteiger partial charge in [-0.05, 0) is 48.3 Å². The molecule has 152 valence electrons. The van der Waals surface area contributed by atoms with Gasteiger partial charge >= 0.3 is 0 Å². The number of amides is 2. The number of aryl methyl sites for hydroxylation is 1. The van der Waals surface area contributed by atoms with E-state index in [1.165, 1.54) is 0 Å². The van der Waals surface area contributed by atoms with E-state index in [1.807, 2.05) is 53.4 Å². The number of pyridine rings is 1. The Hall–Kier alpha value is -2.69. The van der Waals surface area contributed by atoms with E-state index in [0.29, 0.717) is 6.42 Å². The maximum absolute atomic E-state index is 12.8. The van der Waals surface area contributed by atoms with Crippen molar-refractivity contribution >= 4 is 11.8 Å². The van der Waals surface area contributed by atoms with Gasteiger partial charge in [-0.25, -0.2) is 0 Å². The van der Waals surface area contributed by atoms with Crippen LogP contribution in [0.2, 0.25) is 0 Å². The molecule has 0 N–H and O–H groups in total. The summed E-state index contributed by atoms with van der Waals surface area (Å²) in [4.78, 5) is 33.5. The maximum Gasteiger partial charge on any atom is 0.229 e. The van der Waals surface area contributed by atoms with Crippen LogP contribution in [0.5, 0.6) is 0 Å². The Balaban J connectivity index is 1.37. The van der Waals surface area contributed by atoms with Crippen LogP contribution in [0.3, 0.4) is 0 Å². The summed E-state index contributed by atoms with van der Waals surface area (Å²) in [7, 11) is 1.92. The Labute approximate surface area is 172 Å². The maximum atomic E-state index is 12.8. The molecule has 1 atom stereocenters. The van der Waals surface area contributed by atoms with Crippen molar-refractivity contribution in [2.45, 2.75) is 38.0 Å². The van der Waals surface area contributed by atoms with E-state index in [0.717, 1.165) is 56.4 Å². The molecular weight excluding hydrogens is 362 g/mol. The minimum Gasteiger partial charge on any atom is -0.345 e. The lowest BCUT2D eigenvalue weighted by molar-refractivity contribution is -0.143. The highest BCUT2D eigenvalue weighted by atomic mass is 16.2. The highest BCUT2D eigenvalue weighted by Crippen LogP contribution is 2.45. The molecule has 2 aliphatic heterocycles. The topological polar surface area (TPSA) is 53.5 Å². The molecule has 5 nitrogen and oxygen atoms in total. The zero-order chi connectivity index (χ0) is 20.3. The van der Waals surface area contributed by atoms with Crippen molar-refractivity contribution in [2.75, 3.05) is 26.7 Å². The summed E-state index contributed by atoms with van der Waals surface area (Å²) in [6, 6.07) is 14.1. The third-order valence-electron chi connectivity index (χ3n) is 6.61. The second kappa shape index (κ2) is 8.36. The molecule has 2 saturated heterocycles. The van der Waals surface area contributed by atoms with Gasteiger partial charge in [-0.2, -0.15) is 0 Å². The Bertz CT molecular complexity index is 845. The molecule has 29 heavy (non-hydrogen) atoms. The van der Waals surface area contributed by atoms with Gasteiger partial charge in [0, 0.05) is 45.5 Å². The lowest BCUT2D eigenvalue weighted by Crippen LogP contribution is -2.53. The van der Waals surface area contributed by atoms with Crippen molar-refractivity contribution in [3.8, 4) is 0 Å². The summed E-state index contributed by atoms with van der Waals surface area (Å²) >= 11 is 0. The predicted molar refractivity (Wildman–Crippen MR) is 112 cm³/mol. The van der Waals surface area contributed by atoms with E-state index in [9.17, 15) is 9.59 Å². The second-order valence-corrected chi connectivity index (χ2v) is 8.60. The molecule has 1 aromatic carbocycles. The summed E-state index contributed by atoms with van der Waals surface area (Å²) in [6.07, 6.45) is 7.67. The summed E-state index contributed by atoms with van der Waals surface area (Å²) in [5.41, 5.74) is 2.33. The number of likely N-dealkylation sites (N-methyl/N-ethyl adjacent to an activating group) is 1. The first-order valence-electron chi connectivity index (χ1n) is 10.5. The molecule has 1 spiro atoms. The van der Waals surface area contributed by atoms with Crippen molar-refractivity contribution in [2.24, 2.45) is 5.41 Å². The van der Waals surface area contributed by atoms with Gasteiger partial charge in [0.25, 0.3) is 0 Å². The molecule has 2 aliphatic rings. The van der Waals surface area contributed by atoms with E-state index in [4.69, 9.17) is 0 Å². The van der Waals surface area contributed by atoms with E-state index in [1.54, 1.807) is 6.20 Å². The zero-order valence-corrected chi connectivity index (χ0v) is 17.1. The first kappa shape index (κ1) is 19.6. The van der Waals surface area contributed by atoms with E-state index >= 15 is 0 Å². The summed E-state index contributed by atoms with van der Waals surface area (Å²) in [6.45, 7) is 2.37. The number of nitrogens with zero attached hydrogens (tertiary/aromatic N) is 3. The van der Waals surface area contributed by atoms with Crippen LogP contribution in [-0.4, -0.2) is 53.3 Å². The largest absolute Gasteiger partial charge is 0.345 e. The predicted octanol–water partition coefficient (Wildman–Crippen LogP) is 3.27. The number of hydrogen-bond donors (Lipinski definition) is 0.